The van der Waals surface area contributed by atoms with Crippen LogP contribution in [-0.4, -0.2) is 84.1 Å². The average molecular weight is 481 g/mol. The lowest BCUT2D eigenvalue weighted by Gasteiger charge is -2.43. The molecular weight excluding hydrogens is 444 g/mol. The summed E-state index contributed by atoms with van der Waals surface area (Å²) in [7, 11) is 5.07. The Hall–Kier alpha value is -3.13. The Morgan fingerprint density at radius 3 is 2.34 bits per heavy atom. The van der Waals surface area contributed by atoms with E-state index < -0.39 is 5.54 Å². The summed E-state index contributed by atoms with van der Waals surface area (Å²) in [5.41, 5.74) is 1.63. The van der Waals surface area contributed by atoms with Gasteiger partial charge in [0.25, 0.3) is 5.91 Å². The average Bonchev–Trinajstić information content (AvgIpc) is 3.05. The predicted molar refractivity (Wildman–Crippen MR) is 134 cm³/mol. The number of aryl methyl sites for hydroxylation is 1. The molecule has 0 radical (unpaired) electrons. The number of imide groups is 1. The summed E-state index contributed by atoms with van der Waals surface area (Å²) in [6.07, 6.45) is 7.29. The number of benzene rings is 1. The molecule has 2 aliphatic heterocycles. The number of likely N-dealkylation sites (tertiary alicyclic amines) is 1. The van der Waals surface area contributed by atoms with E-state index in [1.165, 1.54) is 16.0 Å². The fraction of sp³-hybridized carbons (Fsp3) is 0.519. The number of piperidine rings is 1. The third kappa shape index (κ3) is 4.98. The number of amides is 3. The molecule has 0 N–H and O–H groups in total. The van der Waals surface area contributed by atoms with Crippen molar-refractivity contribution in [1.29, 1.82) is 0 Å². The summed E-state index contributed by atoms with van der Waals surface area (Å²) in [6, 6.07) is 10.1. The van der Waals surface area contributed by atoms with E-state index in [9.17, 15) is 9.59 Å². The number of rotatable bonds is 9. The van der Waals surface area contributed by atoms with Gasteiger partial charge in [-0.1, -0.05) is 6.07 Å². The molecule has 188 valence electrons. The molecule has 1 spiro atoms. The van der Waals surface area contributed by atoms with Crippen molar-refractivity contribution < 1.29 is 19.1 Å². The van der Waals surface area contributed by atoms with Gasteiger partial charge in [-0.3, -0.25) is 14.7 Å². The normalized spacial score (nSPS) is 18.9. The molecule has 35 heavy (non-hydrogen) atoms. The Kier molecular flexibility index (Phi) is 7.60. The SMILES string of the molecule is COc1ccc(CC(C)N2CCC3(CC2)C(=O)N(CCCc2ccncc2)C(=O)N3C)cc1OC. The van der Waals surface area contributed by atoms with Gasteiger partial charge in [0.2, 0.25) is 0 Å². The Morgan fingerprint density at radius 2 is 1.69 bits per heavy atom. The van der Waals surface area contributed by atoms with E-state index >= 15 is 0 Å². The van der Waals surface area contributed by atoms with Crippen LogP contribution in [0.25, 0.3) is 0 Å². The van der Waals surface area contributed by atoms with Crippen LogP contribution in [0.15, 0.2) is 42.7 Å². The zero-order valence-corrected chi connectivity index (χ0v) is 21.2. The van der Waals surface area contributed by atoms with Gasteiger partial charge in [0, 0.05) is 45.1 Å². The van der Waals surface area contributed by atoms with Crippen LogP contribution < -0.4 is 9.47 Å². The molecule has 1 unspecified atom stereocenters. The molecule has 8 nitrogen and oxygen atoms in total. The van der Waals surface area contributed by atoms with Gasteiger partial charge in [-0.25, -0.2) is 4.79 Å². The number of pyridine rings is 1. The standard InChI is InChI=1S/C27H36N4O4/c1-20(18-22-7-8-23(34-3)24(19-22)35-4)30-16-11-27(12-17-30)25(32)31(26(33)29(27)2)15-5-6-21-9-13-28-14-10-21/h7-10,13-14,19-20H,5-6,11-12,15-18H2,1-4H3. The van der Waals surface area contributed by atoms with E-state index in [-0.39, 0.29) is 11.9 Å². The van der Waals surface area contributed by atoms with Crippen molar-refractivity contribution in [1.82, 2.24) is 19.7 Å². The summed E-state index contributed by atoms with van der Waals surface area (Å²) in [6.45, 7) is 4.22. The van der Waals surface area contributed by atoms with Crippen molar-refractivity contribution in [3.05, 3.63) is 53.9 Å². The molecule has 1 atom stereocenters. The number of nitrogens with zero attached hydrogens (tertiary/aromatic N) is 4. The van der Waals surface area contributed by atoms with Gasteiger partial charge < -0.3 is 19.3 Å². The minimum Gasteiger partial charge on any atom is -0.493 e. The summed E-state index contributed by atoms with van der Waals surface area (Å²) in [5.74, 6) is 1.42. The first-order valence-electron chi connectivity index (χ1n) is 12.3. The zero-order chi connectivity index (χ0) is 25.0. The molecule has 3 amide bonds. The molecule has 2 fully saturated rings. The van der Waals surface area contributed by atoms with E-state index in [4.69, 9.17) is 9.47 Å². The van der Waals surface area contributed by atoms with Crippen LogP contribution >= 0.6 is 0 Å². The molecule has 1 aromatic carbocycles. The van der Waals surface area contributed by atoms with Crippen molar-refractivity contribution in [2.75, 3.05) is 40.9 Å². The number of hydrogen-bond donors (Lipinski definition) is 0. The van der Waals surface area contributed by atoms with Crippen LogP contribution in [0.4, 0.5) is 4.79 Å². The maximum atomic E-state index is 13.5. The number of ether oxygens (including phenoxy) is 2. The maximum Gasteiger partial charge on any atom is 0.327 e. The number of methoxy groups -OCH3 is 2. The van der Waals surface area contributed by atoms with Gasteiger partial charge in [-0.05, 0) is 74.4 Å². The first-order valence-corrected chi connectivity index (χ1v) is 12.3. The second-order valence-electron chi connectivity index (χ2n) is 9.57. The highest BCUT2D eigenvalue weighted by molar-refractivity contribution is 6.07. The lowest BCUT2D eigenvalue weighted by molar-refractivity contribution is -0.135. The van der Waals surface area contributed by atoms with Gasteiger partial charge in [-0.15, -0.1) is 0 Å². The smallest absolute Gasteiger partial charge is 0.327 e. The summed E-state index contributed by atoms with van der Waals surface area (Å²) in [5, 5.41) is 0. The van der Waals surface area contributed by atoms with Crippen molar-refractivity contribution in [2.45, 2.75) is 50.6 Å². The molecule has 2 saturated heterocycles. The van der Waals surface area contributed by atoms with Gasteiger partial charge in [-0.2, -0.15) is 0 Å². The number of urea groups is 1. The number of carbonyl (C=O) groups is 2. The van der Waals surface area contributed by atoms with Gasteiger partial charge >= 0.3 is 6.03 Å². The fourth-order valence-electron chi connectivity index (χ4n) is 5.40. The minimum atomic E-state index is -0.715. The first-order chi connectivity index (χ1) is 16.9. The number of hydrogen-bond acceptors (Lipinski definition) is 6. The van der Waals surface area contributed by atoms with E-state index in [0.29, 0.717) is 25.4 Å². The van der Waals surface area contributed by atoms with Crippen LogP contribution in [0.1, 0.15) is 37.3 Å². The molecule has 2 aromatic rings. The minimum absolute atomic E-state index is 0.0353. The Labute approximate surface area is 207 Å². The van der Waals surface area contributed by atoms with Crippen molar-refractivity contribution in [2.24, 2.45) is 0 Å². The van der Waals surface area contributed by atoms with Crippen LogP contribution in [0.5, 0.6) is 11.5 Å². The molecule has 4 rings (SSSR count). The molecule has 2 aliphatic rings. The van der Waals surface area contributed by atoms with Crippen LogP contribution in [0.3, 0.4) is 0 Å². The molecule has 0 saturated carbocycles. The Balaban J connectivity index is 1.34. The number of carbonyl (C=O) groups excluding carboxylic acids is 2. The second kappa shape index (κ2) is 10.6. The lowest BCUT2D eigenvalue weighted by atomic mass is 9.85. The molecule has 1 aromatic heterocycles. The molecule has 0 aliphatic carbocycles. The topological polar surface area (TPSA) is 75.2 Å². The van der Waals surface area contributed by atoms with Crippen LogP contribution in [0, 0.1) is 0 Å². The Bertz CT molecular complexity index is 1040. The summed E-state index contributed by atoms with van der Waals surface area (Å²) in [4.78, 5) is 36.0. The van der Waals surface area contributed by atoms with Crippen molar-refractivity contribution in [3.8, 4) is 11.5 Å². The third-order valence-corrected chi connectivity index (χ3v) is 7.63. The monoisotopic (exact) mass is 480 g/mol. The highest BCUT2D eigenvalue weighted by Gasteiger charge is 2.56. The molecule has 0 bridgehead atoms. The summed E-state index contributed by atoms with van der Waals surface area (Å²) >= 11 is 0. The van der Waals surface area contributed by atoms with E-state index in [0.717, 1.165) is 43.9 Å². The molecule has 8 heteroatoms. The van der Waals surface area contributed by atoms with Crippen molar-refractivity contribution >= 4 is 11.9 Å². The third-order valence-electron chi connectivity index (χ3n) is 7.63. The molecular formula is C27H36N4O4. The van der Waals surface area contributed by atoms with Crippen LogP contribution in [-0.2, 0) is 17.6 Å². The largest absolute Gasteiger partial charge is 0.493 e. The predicted octanol–water partition coefficient (Wildman–Crippen LogP) is 3.39. The number of likely N-dealkylation sites (N-methyl/N-ethyl adjacent to an activating group) is 1. The fourth-order valence-corrected chi connectivity index (χ4v) is 5.40. The maximum absolute atomic E-state index is 13.5. The second-order valence-corrected chi connectivity index (χ2v) is 9.57. The quantitative estimate of drug-likeness (QED) is 0.512. The first kappa shape index (κ1) is 25.0. The van der Waals surface area contributed by atoms with Gasteiger partial charge in [0.1, 0.15) is 5.54 Å². The lowest BCUT2D eigenvalue weighted by Crippen LogP contribution is -2.56. The Morgan fingerprint density at radius 1 is 1.00 bits per heavy atom. The number of aromatic nitrogens is 1. The van der Waals surface area contributed by atoms with Gasteiger partial charge in [0.05, 0.1) is 14.2 Å². The van der Waals surface area contributed by atoms with Crippen molar-refractivity contribution in [3.63, 3.8) is 0 Å². The highest BCUT2D eigenvalue weighted by atomic mass is 16.5. The molecule has 3 heterocycles. The highest BCUT2D eigenvalue weighted by Crippen LogP contribution is 2.37. The van der Waals surface area contributed by atoms with Crippen LogP contribution in [0.2, 0.25) is 0 Å². The van der Waals surface area contributed by atoms with Gasteiger partial charge in [0.15, 0.2) is 11.5 Å². The summed E-state index contributed by atoms with van der Waals surface area (Å²) < 4.78 is 10.8. The zero-order valence-electron chi connectivity index (χ0n) is 21.2. The van der Waals surface area contributed by atoms with E-state index in [2.05, 4.69) is 22.9 Å². The van der Waals surface area contributed by atoms with E-state index in [1.807, 2.05) is 24.3 Å². The van der Waals surface area contributed by atoms with E-state index in [1.54, 1.807) is 38.6 Å².